The number of rotatable bonds is 4. The van der Waals surface area contributed by atoms with Gasteiger partial charge in [-0.05, 0) is 42.7 Å². The van der Waals surface area contributed by atoms with E-state index in [0.717, 1.165) is 28.6 Å². The summed E-state index contributed by atoms with van der Waals surface area (Å²) in [5.74, 6) is -0.298. The lowest BCUT2D eigenvalue weighted by molar-refractivity contribution is -0.127. The zero-order valence-corrected chi connectivity index (χ0v) is 15.3. The molecule has 1 heterocycles. The Morgan fingerprint density at radius 2 is 1.76 bits per heavy atom. The zero-order chi connectivity index (χ0) is 17.4. The predicted octanol–water partition coefficient (Wildman–Crippen LogP) is 3.61. The summed E-state index contributed by atoms with van der Waals surface area (Å²) >= 11 is 3.44. The van der Waals surface area contributed by atoms with Crippen LogP contribution in [0.4, 0.5) is 5.69 Å². The van der Waals surface area contributed by atoms with Gasteiger partial charge in [0.05, 0.1) is 11.5 Å². The molecule has 4 nitrogen and oxygen atoms in total. The van der Waals surface area contributed by atoms with Crippen molar-refractivity contribution in [2.45, 2.75) is 24.8 Å². The lowest BCUT2D eigenvalue weighted by Crippen LogP contribution is -2.40. The molecule has 0 radical (unpaired) electrons. The summed E-state index contributed by atoms with van der Waals surface area (Å²) in [6.45, 7) is 0.450. The first kappa shape index (κ1) is 16.3. The van der Waals surface area contributed by atoms with E-state index >= 15 is 0 Å². The number of nitrogens with one attached hydrogen (secondary N) is 1. The van der Waals surface area contributed by atoms with Gasteiger partial charge in [-0.15, -0.1) is 0 Å². The smallest absolute Gasteiger partial charge is 0.227 e. The van der Waals surface area contributed by atoms with E-state index in [9.17, 15) is 9.59 Å². The molecule has 2 aromatic rings. The molecule has 0 bridgehead atoms. The van der Waals surface area contributed by atoms with Gasteiger partial charge in [0.2, 0.25) is 11.8 Å². The maximum atomic E-state index is 12.8. The van der Waals surface area contributed by atoms with Gasteiger partial charge in [0.15, 0.2) is 0 Å². The molecule has 1 unspecified atom stereocenters. The van der Waals surface area contributed by atoms with Crippen LogP contribution in [0.15, 0.2) is 59.1 Å². The Morgan fingerprint density at radius 1 is 1.08 bits per heavy atom. The van der Waals surface area contributed by atoms with Gasteiger partial charge in [-0.1, -0.05) is 46.3 Å². The van der Waals surface area contributed by atoms with Crippen LogP contribution in [0, 0.1) is 5.92 Å². The molecule has 1 atom stereocenters. The molecule has 5 heteroatoms. The number of carbonyl (C=O) groups excluding carboxylic acids is 2. The van der Waals surface area contributed by atoms with Crippen LogP contribution in [-0.4, -0.2) is 18.4 Å². The third kappa shape index (κ3) is 3.21. The number of hydrogen-bond acceptors (Lipinski definition) is 2. The second kappa shape index (κ2) is 6.30. The number of carbonyl (C=O) groups is 2. The van der Waals surface area contributed by atoms with Crippen molar-refractivity contribution in [3.05, 3.63) is 64.6 Å². The van der Waals surface area contributed by atoms with Crippen molar-refractivity contribution in [2.24, 2.45) is 5.92 Å². The lowest BCUT2D eigenvalue weighted by Gasteiger charge is -2.21. The highest BCUT2D eigenvalue weighted by Gasteiger charge is 2.47. The third-order valence-electron chi connectivity index (χ3n) is 5.07. The van der Waals surface area contributed by atoms with E-state index in [1.807, 2.05) is 54.6 Å². The summed E-state index contributed by atoms with van der Waals surface area (Å²) in [5, 5.41) is 3.20. The minimum Gasteiger partial charge on any atom is -0.346 e. The normalized spacial score (nSPS) is 21.2. The van der Waals surface area contributed by atoms with Crippen molar-refractivity contribution >= 4 is 33.4 Å². The maximum absolute atomic E-state index is 12.8. The quantitative estimate of drug-likeness (QED) is 0.854. The number of anilines is 1. The average molecular weight is 399 g/mol. The summed E-state index contributed by atoms with van der Waals surface area (Å²) in [6, 6.07) is 17.6. The molecule has 2 aromatic carbocycles. The van der Waals surface area contributed by atoms with Crippen LogP contribution < -0.4 is 10.2 Å². The van der Waals surface area contributed by atoms with Crippen molar-refractivity contribution < 1.29 is 9.59 Å². The lowest BCUT2D eigenvalue weighted by atomic mass is 10.0. The molecule has 1 N–H and O–H groups in total. The molecule has 25 heavy (non-hydrogen) atoms. The monoisotopic (exact) mass is 398 g/mol. The van der Waals surface area contributed by atoms with Gasteiger partial charge in [0, 0.05) is 23.1 Å². The molecule has 2 aliphatic rings. The molecule has 4 rings (SSSR count). The molecule has 2 amide bonds. The summed E-state index contributed by atoms with van der Waals surface area (Å²) in [4.78, 5) is 26.8. The van der Waals surface area contributed by atoms with Crippen molar-refractivity contribution in [1.29, 1.82) is 0 Å². The fraction of sp³-hybridized carbons (Fsp3) is 0.300. The van der Waals surface area contributed by atoms with E-state index in [2.05, 4.69) is 21.2 Å². The standard InChI is InChI=1S/C20H19BrN2O2/c21-16-8-6-15(7-9-16)20(10-11-20)22-19(25)14-12-18(24)23(13-14)17-4-2-1-3-5-17/h1-9,14H,10-13H2,(H,22,25). The molecule has 1 saturated heterocycles. The Morgan fingerprint density at radius 3 is 2.40 bits per heavy atom. The van der Waals surface area contributed by atoms with Crippen molar-refractivity contribution in [1.82, 2.24) is 5.32 Å². The van der Waals surface area contributed by atoms with Crippen LogP contribution in [0.3, 0.4) is 0 Å². The Hall–Kier alpha value is -2.14. The van der Waals surface area contributed by atoms with Crippen molar-refractivity contribution in [3.63, 3.8) is 0 Å². The Kier molecular flexibility index (Phi) is 4.12. The Labute approximate surface area is 155 Å². The number of halogens is 1. The number of nitrogens with zero attached hydrogens (tertiary/aromatic N) is 1. The first-order valence-electron chi connectivity index (χ1n) is 8.51. The maximum Gasteiger partial charge on any atom is 0.227 e. The van der Waals surface area contributed by atoms with Crippen LogP contribution in [0.2, 0.25) is 0 Å². The van der Waals surface area contributed by atoms with Crippen LogP contribution >= 0.6 is 15.9 Å². The van der Waals surface area contributed by atoms with Crippen molar-refractivity contribution in [2.75, 3.05) is 11.4 Å². The molecule has 128 valence electrons. The van der Waals surface area contributed by atoms with Gasteiger partial charge in [0.1, 0.15) is 0 Å². The van der Waals surface area contributed by atoms with Gasteiger partial charge in [-0.2, -0.15) is 0 Å². The number of benzene rings is 2. The highest BCUT2D eigenvalue weighted by molar-refractivity contribution is 9.10. The molecule has 1 aliphatic carbocycles. The summed E-state index contributed by atoms with van der Waals surface area (Å²) < 4.78 is 1.03. The highest BCUT2D eigenvalue weighted by atomic mass is 79.9. The van der Waals surface area contributed by atoms with Gasteiger partial charge in [0.25, 0.3) is 0 Å². The summed E-state index contributed by atoms with van der Waals surface area (Å²) in [6.07, 6.45) is 2.17. The fourth-order valence-electron chi connectivity index (χ4n) is 3.46. The predicted molar refractivity (Wildman–Crippen MR) is 100 cm³/mol. The van der Waals surface area contributed by atoms with E-state index in [1.54, 1.807) is 4.90 Å². The summed E-state index contributed by atoms with van der Waals surface area (Å²) in [5.41, 5.74) is 1.74. The first-order valence-corrected chi connectivity index (χ1v) is 9.30. The Bertz CT molecular complexity index is 800. The molecule has 2 fully saturated rings. The van der Waals surface area contributed by atoms with Crippen LogP contribution in [0.1, 0.15) is 24.8 Å². The van der Waals surface area contributed by atoms with E-state index in [1.165, 1.54) is 0 Å². The Balaban J connectivity index is 1.45. The molecule has 0 spiro atoms. The van der Waals surface area contributed by atoms with Crippen molar-refractivity contribution in [3.8, 4) is 0 Å². The fourth-order valence-corrected chi connectivity index (χ4v) is 3.72. The van der Waals surface area contributed by atoms with Gasteiger partial charge in [-0.3, -0.25) is 9.59 Å². The molecule has 1 aliphatic heterocycles. The average Bonchev–Trinajstić information content (AvgIpc) is 3.29. The highest BCUT2D eigenvalue weighted by Crippen LogP contribution is 2.46. The van der Waals surface area contributed by atoms with Crippen LogP contribution in [0.25, 0.3) is 0 Å². The van der Waals surface area contributed by atoms with Crippen LogP contribution in [-0.2, 0) is 15.1 Å². The SMILES string of the molecule is O=C(NC1(c2ccc(Br)cc2)CC1)C1CC(=O)N(c2ccccc2)C1. The van der Waals surface area contributed by atoms with E-state index in [0.29, 0.717) is 6.54 Å². The molecular formula is C20H19BrN2O2. The van der Waals surface area contributed by atoms with Gasteiger partial charge >= 0.3 is 0 Å². The summed E-state index contributed by atoms with van der Waals surface area (Å²) in [7, 11) is 0. The van der Waals surface area contributed by atoms with Crippen LogP contribution in [0.5, 0.6) is 0 Å². The van der Waals surface area contributed by atoms with Gasteiger partial charge < -0.3 is 10.2 Å². The zero-order valence-electron chi connectivity index (χ0n) is 13.7. The number of para-hydroxylation sites is 1. The third-order valence-corrected chi connectivity index (χ3v) is 5.60. The second-order valence-corrected chi connectivity index (χ2v) is 7.73. The largest absolute Gasteiger partial charge is 0.346 e. The topological polar surface area (TPSA) is 49.4 Å². The van der Waals surface area contributed by atoms with E-state index < -0.39 is 0 Å². The molecule has 1 saturated carbocycles. The second-order valence-electron chi connectivity index (χ2n) is 6.82. The molecular weight excluding hydrogens is 380 g/mol. The number of amides is 2. The van der Waals surface area contributed by atoms with Gasteiger partial charge in [-0.25, -0.2) is 0 Å². The first-order chi connectivity index (χ1) is 12.1. The minimum atomic E-state index is -0.291. The van der Waals surface area contributed by atoms with E-state index in [-0.39, 0.29) is 29.7 Å². The minimum absolute atomic E-state index is 0.0137. The van der Waals surface area contributed by atoms with E-state index in [4.69, 9.17) is 0 Å². The number of hydrogen-bond donors (Lipinski definition) is 1. The molecule has 0 aromatic heterocycles.